The van der Waals surface area contributed by atoms with Crippen molar-refractivity contribution in [2.45, 2.75) is 13.8 Å². The lowest BCUT2D eigenvalue weighted by Gasteiger charge is -2.22. The number of aromatic nitrogens is 4. The number of anilines is 1. The van der Waals surface area contributed by atoms with Crippen molar-refractivity contribution in [3.63, 3.8) is 0 Å². The first-order chi connectivity index (χ1) is 9.04. The van der Waals surface area contributed by atoms with E-state index in [2.05, 4.69) is 20.8 Å². The second kappa shape index (κ2) is 5.15. The first-order valence-corrected chi connectivity index (χ1v) is 5.88. The van der Waals surface area contributed by atoms with Crippen LogP contribution in [0, 0.1) is 5.41 Å². The Labute approximate surface area is 110 Å². The van der Waals surface area contributed by atoms with E-state index >= 15 is 0 Å². The van der Waals surface area contributed by atoms with Crippen LogP contribution < -0.4 is 11.1 Å². The highest BCUT2D eigenvalue weighted by Crippen LogP contribution is 2.22. The van der Waals surface area contributed by atoms with Gasteiger partial charge in [-0.3, -0.25) is 4.79 Å². The van der Waals surface area contributed by atoms with Gasteiger partial charge in [0, 0.05) is 6.54 Å². The summed E-state index contributed by atoms with van der Waals surface area (Å²) in [4.78, 5) is 12.1. The summed E-state index contributed by atoms with van der Waals surface area (Å²) in [6, 6.07) is 7.29. The number of carbonyl (C=O) groups excluding carboxylic acids is 1. The van der Waals surface area contributed by atoms with Crippen molar-refractivity contribution in [3.8, 4) is 5.69 Å². The fraction of sp³-hybridized carbons (Fsp3) is 0.333. The van der Waals surface area contributed by atoms with Gasteiger partial charge < -0.3 is 11.1 Å². The van der Waals surface area contributed by atoms with E-state index in [0.29, 0.717) is 11.4 Å². The van der Waals surface area contributed by atoms with Gasteiger partial charge in [0.1, 0.15) is 6.33 Å². The van der Waals surface area contributed by atoms with Crippen LogP contribution in [-0.2, 0) is 4.79 Å². The number of tetrazole rings is 1. The molecule has 1 heterocycles. The molecule has 0 fully saturated rings. The Balaban J connectivity index is 2.29. The summed E-state index contributed by atoms with van der Waals surface area (Å²) in [5.41, 5.74) is 6.31. The van der Waals surface area contributed by atoms with Crippen LogP contribution in [0.1, 0.15) is 13.8 Å². The summed E-state index contributed by atoms with van der Waals surface area (Å²) in [7, 11) is 0. The standard InChI is InChI=1S/C12H16N6O/c1-12(2,7-13)11(19)15-9-5-3-4-6-10(9)18-8-14-16-17-18/h3-6,8H,7,13H2,1-2H3,(H,15,19). The van der Waals surface area contributed by atoms with Gasteiger partial charge in [-0.05, 0) is 36.4 Å². The molecule has 0 saturated heterocycles. The molecule has 19 heavy (non-hydrogen) atoms. The van der Waals surface area contributed by atoms with E-state index in [1.54, 1.807) is 19.9 Å². The molecule has 0 atom stereocenters. The normalized spacial score (nSPS) is 11.3. The number of nitrogens with zero attached hydrogens (tertiary/aromatic N) is 4. The largest absolute Gasteiger partial charge is 0.329 e. The highest BCUT2D eigenvalue weighted by atomic mass is 16.2. The van der Waals surface area contributed by atoms with Gasteiger partial charge in [-0.2, -0.15) is 4.68 Å². The average molecular weight is 260 g/mol. The van der Waals surface area contributed by atoms with Gasteiger partial charge in [0.15, 0.2) is 0 Å². The van der Waals surface area contributed by atoms with Gasteiger partial charge in [0.2, 0.25) is 5.91 Å². The minimum Gasteiger partial charge on any atom is -0.329 e. The Morgan fingerprint density at radius 3 is 2.79 bits per heavy atom. The fourth-order valence-electron chi connectivity index (χ4n) is 1.43. The number of nitrogens with two attached hydrogens (primary N) is 1. The fourth-order valence-corrected chi connectivity index (χ4v) is 1.43. The van der Waals surface area contributed by atoms with E-state index in [9.17, 15) is 4.79 Å². The van der Waals surface area contributed by atoms with Crippen molar-refractivity contribution < 1.29 is 4.79 Å². The molecule has 0 unspecified atom stereocenters. The smallest absolute Gasteiger partial charge is 0.231 e. The molecule has 0 saturated carbocycles. The minimum absolute atomic E-state index is 0.143. The Morgan fingerprint density at radius 2 is 2.16 bits per heavy atom. The Bertz CT molecular complexity index is 563. The zero-order valence-electron chi connectivity index (χ0n) is 10.9. The molecule has 2 rings (SSSR count). The zero-order chi connectivity index (χ0) is 13.9. The van der Waals surface area contributed by atoms with Crippen molar-refractivity contribution in [2.24, 2.45) is 11.1 Å². The maximum atomic E-state index is 12.1. The second-order valence-corrected chi connectivity index (χ2v) is 4.81. The van der Waals surface area contributed by atoms with E-state index in [1.807, 2.05) is 18.2 Å². The van der Waals surface area contributed by atoms with E-state index in [-0.39, 0.29) is 12.5 Å². The number of carbonyl (C=O) groups is 1. The van der Waals surface area contributed by atoms with Crippen molar-refractivity contribution in [1.82, 2.24) is 20.2 Å². The number of hydrogen-bond acceptors (Lipinski definition) is 5. The molecule has 0 aliphatic rings. The predicted octanol–water partition coefficient (Wildman–Crippen LogP) is 0.586. The topological polar surface area (TPSA) is 98.7 Å². The number of benzene rings is 1. The molecule has 0 aliphatic heterocycles. The molecule has 0 radical (unpaired) electrons. The van der Waals surface area contributed by atoms with Crippen molar-refractivity contribution in [1.29, 1.82) is 0 Å². The maximum Gasteiger partial charge on any atom is 0.231 e. The zero-order valence-corrected chi connectivity index (χ0v) is 10.9. The number of amides is 1. The SMILES string of the molecule is CC(C)(CN)C(=O)Nc1ccccc1-n1cnnn1. The van der Waals surface area contributed by atoms with Crippen LogP contribution in [0.3, 0.4) is 0 Å². The lowest BCUT2D eigenvalue weighted by Crippen LogP contribution is -2.37. The van der Waals surface area contributed by atoms with Gasteiger partial charge in [-0.25, -0.2) is 0 Å². The molecule has 1 aromatic carbocycles. The number of nitrogens with one attached hydrogen (secondary N) is 1. The molecule has 2 aromatic rings. The summed E-state index contributed by atoms with van der Waals surface area (Å²) < 4.78 is 1.49. The lowest BCUT2D eigenvalue weighted by molar-refractivity contribution is -0.123. The van der Waals surface area contributed by atoms with Gasteiger partial charge in [0.25, 0.3) is 0 Å². The van der Waals surface area contributed by atoms with Crippen LogP contribution in [0.25, 0.3) is 5.69 Å². The quantitative estimate of drug-likeness (QED) is 0.838. The first-order valence-electron chi connectivity index (χ1n) is 5.88. The Hall–Kier alpha value is -2.28. The third-order valence-corrected chi connectivity index (χ3v) is 2.87. The Kier molecular flexibility index (Phi) is 3.57. The van der Waals surface area contributed by atoms with E-state index < -0.39 is 5.41 Å². The lowest BCUT2D eigenvalue weighted by atomic mass is 9.92. The molecule has 0 aliphatic carbocycles. The van der Waals surface area contributed by atoms with Crippen LogP contribution in [0.5, 0.6) is 0 Å². The van der Waals surface area contributed by atoms with Gasteiger partial charge >= 0.3 is 0 Å². The molecular weight excluding hydrogens is 244 g/mol. The van der Waals surface area contributed by atoms with Crippen molar-refractivity contribution in [2.75, 3.05) is 11.9 Å². The molecule has 7 nitrogen and oxygen atoms in total. The van der Waals surface area contributed by atoms with Gasteiger partial charge in [-0.1, -0.05) is 12.1 Å². The molecule has 1 aromatic heterocycles. The highest BCUT2D eigenvalue weighted by Gasteiger charge is 2.26. The summed E-state index contributed by atoms with van der Waals surface area (Å²) in [5.74, 6) is -0.143. The molecule has 1 amide bonds. The summed E-state index contributed by atoms with van der Waals surface area (Å²) in [6.45, 7) is 3.86. The van der Waals surface area contributed by atoms with E-state index in [0.717, 1.165) is 0 Å². The average Bonchev–Trinajstić information content (AvgIpc) is 2.93. The van der Waals surface area contributed by atoms with E-state index in [1.165, 1.54) is 11.0 Å². The number of hydrogen-bond donors (Lipinski definition) is 2. The monoisotopic (exact) mass is 260 g/mol. The predicted molar refractivity (Wildman–Crippen MR) is 70.6 cm³/mol. The number of rotatable bonds is 4. The van der Waals surface area contributed by atoms with E-state index in [4.69, 9.17) is 5.73 Å². The molecule has 3 N–H and O–H groups in total. The molecule has 0 spiro atoms. The van der Waals surface area contributed by atoms with Crippen LogP contribution in [0.2, 0.25) is 0 Å². The van der Waals surface area contributed by atoms with Crippen LogP contribution >= 0.6 is 0 Å². The minimum atomic E-state index is -0.631. The molecule has 0 bridgehead atoms. The third kappa shape index (κ3) is 2.76. The molecular formula is C12H16N6O. The van der Waals surface area contributed by atoms with Crippen LogP contribution in [-0.4, -0.2) is 32.7 Å². The van der Waals surface area contributed by atoms with Gasteiger partial charge in [-0.15, -0.1) is 5.10 Å². The number of para-hydroxylation sites is 2. The van der Waals surface area contributed by atoms with Crippen molar-refractivity contribution in [3.05, 3.63) is 30.6 Å². The highest BCUT2D eigenvalue weighted by molar-refractivity contribution is 5.96. The molecule has 7 heteroatoms. The first kappa shape index (κ1) is 13.2. The molecule has 100 valence electrons. The Morgan fingerprint density at radius 1 is 1.42 bits per heavy atom. The summed E-state index contributed by atoms with van der Waals surface area (Å²) in [6.07, 6.45) is 1.47. The third-order valence-electron chi connectivity index (χ3n) is 2.87. The van der Waals surface area contributed by atoms with Crippen LogP contribution in [0.15, 0.2) is 30.6 Å². The van der Waals surface area contributed by atoms with Crippen molar-refractivity contribution >= 4 is 11.6 Å². The summed E-state index contributed by atoms with van der Waals surface area (Å²) in [5, 5.41) is 13.8. The summed E-state index contributed by atoms with van der Waals surface area (Å²) >= 11 is 0. The van der Waals surface area contributed by atoms with Gasteiger partial charge in [0.05, 0.1) is 16.8 Å². The second-order valence-electron chi connectivity index (χ2n) is 4.81. The van der Waals surface area contributed by atoms with Crippen LogP contribution in [0.4, 0.5) is 5.69 Å². The maximum absolute atomic E-state index is 12.1.